The fraction of sp³-hybridized carbons (Fsp3) is 0.478. The second-order valence-electron chi connectivity index (χ2n) is 8.48. The Labute approximate surface area is 181 Å². The summed E-state index contributed by atoms with van der Waals surface area (Å²) < 4.78 is 0. The van der Waals surface area contributed by atoms with E-state index in [-0.39, 0.29) is 34.7 Å². The second-order valence-corrected chi connectivity index (χ2v) is 8.48. The molecular formula is C23H30N2O6. The van der Waals surface area contributed by atoms with Gasteiger partial charge in [0.15, 0.2) is 11.5 Å². The lowest BCUT2D eigenvalue weighted by Crippen LogP contribution is -2.27. The Morgan fingerprint density at radius 2 is 1.10 bits per heavy atom. The van der Waals surface area contributed by atoms with E-state index in [9.17, 15) is 30.4 Å². The lowest BCUT2D eigenvalue weighted by Gasteiger charge is -2.34. The summed E-state index contributed by atoms with van der Waals surface area (Å²) in [4.78, 5) is 22.1. The van der Waals surface area contributed by atoms with Crippen molar-refractivity contribution in [1.29, 1.82) is 0 Å². The maximum absolute atomic E-state index is 11.6. The molecule has 2 N–H and O–H groups in total. The first kappa shape index (κ1) is 24.1. The number of hydrogen-bond donors (Lipinski definition) is 2. The van der Waals surface area contributed by atoms with Crippen LogP contribution in [0.4, 0.5) is 11.4 Å². The van der Waals surface area contributed by atoms with Crippen LogP contribution < -0.4 is 0 Å². The van der Waals surface area contributed by atoms with Crippen LogP contribution in [0.5, 0.6) is 11.5 Å². The minimum atomic E-state index is -0.774. The molecule has 0 saturated heterocycles. The first-order valence-electron chi connectivity index (χ1n) is 10.4. The fourth-order valence-corrected chi connectivity index (χ4v) is 4.23. The molecule has 0 atom stereocenters. The average molecular weight is 431 g/mol. The molecule has 8 heteroatoms. The zero-order valence-electron chi connectivity index (χ0n) is 18.8. The summed E-state index contributed by atoms with van der Waals surface area (Å²) in [5.74, 6) is -1.04. The quantitative estimate of drug-likeness (QED) is 0.375. The molecule has 0 bridgehead atoms. The third-order valence-electron chi connectivity index (χ3n) is 6.19. The van der Waals surface area contributed by atoms with Crippen LogP contribution in [-0.4, -0.2) is 20.1 Å². The van der Waals surface area contributed by atoms with E-state index in [2.05, 4.69) is 0 Å². The van der Waals surface area contributed by atoms with Crippen LogP contribution in [0.25, 0.3) is 0 Å². The highest BCUT2D eigenvalue weighted by Gasteiger charge is 2.37. The highest BCUT2D eigenvalue weighted by atomic mass is 16.6. The molecule has 0 spiro atoms. The Balaban J connectivity index is 2.96. The number of phenols is 2. The number of hydrogen-bond acceptors (Lipinski definition) is 6. The fourth-order valence-electron chi connectivity index (χ4n) is 4.23. The summed E-state index contributed by atoms with van der Waals surface area (Å²) >= 11 is 0. The van der Waals surface area contributed by atoms with Crippen molar-refractivity contribution >= 4 is 11.4 Å². The van der Waals surface area contributed by atoms with E-state index in [1.807, 2.05) is 41.5 Å². The van der Waals surface area contributed by atoms with E-state index >= 15 is 0 Å². The normalized spacial score (nSPS) is 11.9. The first-order valence-corrected chi connectivity index (χ1v) is 10.4. The van der Waals surface area contributed by atoms with Gasteiger partial charge in [0.2, 0.25) is 0 Å². The SMILES string of the molecule is CCC(CC)(c1cc(C(C)C)c(O)c([N+](=O)[O-])c1)c1cc(C(C)C)c(O)c([N+](=O)[O-])c1. The third-order valence-corrected chi connectivity index (χ3v) is 6.19. The Morgan fingerprint density at radius 1 is 0.774 bits per heavy atom. The maximum Gasteiger partial charge on any atom is 0.311 e. The van der Waals surface area contributed by atoms with Crippen molar-refractivity contribution in [1.82, 2.24) is 0 Å². The van der Waals surface area contributed by atoms with E-state index in [0.717, 1.165) is 0 Å². The molecule has 2 aromatic carbocycles. The predicted octanol–water partition coefficient (Wildman–Crippen LogP) is 6.27. The Morgan fingerprint density at radius 3 is 1.32 bits per heavy atom. The van der Waals surface area contributed by atoms with Crippen molar-refractivity contribution in [3.8, 4) is 11.5 Å². The first-order chi connectivity index (χ1) is 14.4. The Bertz CT molecular complexity index is 932. The minimum absolute atomic E-state index is 0.162. The van der Waals surface area contributed by atoms with E-state index in [1.54, 1.807) is 12.1 Å². The molecule has 0 aliphatic rings. The van der Waals surface area contributed by atoms with Gasteiger partial charge in [0.25, 0.3) is 0 Å². The predicted molar refractivity (Wildman–Crippen MR) is 119 cm³/mol. The molecule has 0 unspecified atom stereocenters. The smallest absolute Gasteiger partial charge is 0.311 e. The molecule has 0 aromatic heterocycles. The topological polar surface area (TPSA) is 127 Å². The number of nitro groups is 2. The highest BCUT2D eigenvalue weighted by molar-refractivity contribution is 5.61. The molecule has 0 aliphatic heterocycles. The molecule has 0 heterocycles. The van der Waals surface area contributed by atoms with Gasteiger partial charge >= 0.3 is 11.4 Å². The number of rotatable bonds is 8. The molecule has 168 valence electrons. The summed E-state index contributed by atoms with van der Waals surface area (Å²) in [6.45, 7) is 11.2. The van der Waals surface area contributed by atoms with Crippen molar-refractivity contribution in [2.45, 2.75) is 71.6 Å². The highest BCUT2D eigenvalue weighted by Crippen LogP contribution is 2.47. The van der Waals surface area contributed by atoms with Gasteiger partial charge in [0.1, 0.15) is 0 Å². The summed E-state index contributed by atoms with van der Waals surface area (Å²) in [6, 6.07) is 6.24. The Hall–Kier alpha value is -3.16. The molecule has 31 heavy (non-hydrogen) atoms. The monoisotopic (exact) mass is 430 g/mol. The van der Waals surface area contributed by atoms with E-state index in [1.165, 1.54) is 12.1 Å². The number of benzene rings is 2. The average Bonchev–Trinajstić information content (AvgIpc) is 2.69. The van der Waals surface area contributed by atoms with Crippen molar-refractivity contribution in [2.24, 2.45) is 0 Å². The van der Waals surface area contributed by atoms with Gasteiger partial charge in [-0.3, -0.25) is 20.2 Å². The van der Waals surface area contributed by atoms with E-state index < -0.39 is 15.3 Å². The minimum Gasteiger partial charge on any atom is -0.502 e. The molecule has 0 aliphatic carbocycles. The van der Waals surface area contributed by atoms with Gasteiger partial charge in [-0.2, -0.15) is 0 Å². The molecule has 8 nitrogen and oxygen atoms in total. The summed E-state index contributed by atoms with van der Waals surface area (Å²) in [5.41, 5.74) is 0.584. The lowest BCUT2D eigenvalue weighted by molar-refractivity contribution is -0.386. The number of phenolic OH excluding ortho intramolecular Hbond substituents is 2. The van der Waals surface area contributed by atoms with Crippen LogP contribution in [0.3, 0.4) is 0 Å². The van der Waals surface area contributed by atoms with Gasteiger partial charge in [-0.05, 0) is 35.8 Å². The summed E-state index contributed by atoms with van der Waals surface area (Å²) in [5, 5.41) is 44.2. The summed E-state index contributed by atoms with van der Waals surface area (Å²) in [7, 11) is 0. The van der Waals surface area contributed by atoms with E-state index in [4.69, 9.17) is 0 Å². The van der Waals surface area contributed by atoms with Crippen LogP contribution in [0.1, 0.15) is 88.5 Å². The van der Waals surface area contributed by atoms with Gasteiger partial charge < -0.3 is 10.2 Å². The van der Waals surface area contributed by atoms with Gasteiger partial charge in [0, 0.05) is 28.7 Å². The van der Waals surface area contributed by atoms with Gasteiger partial charge in [0.05, 0.1) is 9.85 Å². The van der Waals surface area contributed by atoms with Crippen LogP contribution in [0.2, 0.25) is 0 Å². The number of aromatic hydroxyl groups is 2. The molecule has 2 aromatic rings. The molecule has 0 amide bonds. The van der Waals surface area contributed by atoms with Crippen LogP contribution in [0.15, 0.2) is 24.3 Å². The molecule has 0 saturated carbocycles. The lowest BCUT2D eigenvalue weighted by atomic mass is 9.69. The van der Waals surface area contributed by atoms with Gasteiger partial charge in [-0.1, -0.05) is 53.7 Å². The van der Waals surface area contributed by atoms with Crippen LogP contribution >= 0.6 is 0 Å². The van der Waals surface area contributed by atoms with Gasteiger partial charge in [-0.25, -0.2) is 0 Å². The van der Waals surface area contributed by atoms with Crippen molar-refractivity contribution in [3.63, 3.8) is 0 Å². The zero-order chi connectivity index (χ0) is 23.7. The van der Waals surface area contributed by atoms with Crippen molar-refractivity contribution in [3.05, 3.63) is 66.7 Å². The van der Waals surface area contributed by atoms with E-state index in [0.29, 0.717) is 35.1 Å². The molecule has 2 rings (SSSR count). The molecule has 0 fully saturated rings. The van der Waals surface area contributed by atoms with Crippen molar-refractivity contribution < 1.29 is 20.1 Å². The second kappa shape index (κ2) is 8.91. The maximum atomic E-state index is 11.6. The third kappa shape index (κ3) is 4.19. The zero-order valence-corrected chi connectivity index (χ0v) is 18.8. The van der Waals surface area contributed by atoms with Crippen molar-refractivity contribution in [2.75, 3.05) is 0 Å². The summed E-state index contributed by atoms with van der Waals surface area (Å²) in [6.07, 6.45) is 1.03. The van der Waals surface area contributed by atoms with Crippen LogP contribution in [0, 0.1) is 20.2 Å². The standard InChI is InChI=1S/C23H30N2O6/c1-7-23(8-2,15-9-17(13(3)4)21(26)19(11-15)24(28)29)16-10-18(14(5)6)22(27)20(12-16)25(30)31/h9-14,26-27H,7-8H2,1-6H3. The Kier molecular flexibility index (Phi) is 6.93. The molecule has 0 radical (unpaired) electrons. The number of nitrogens with zero attached hydrogens (tertiary/aromatic N) is 2. The van der Waals surface area contributed by atoms with Crippen LogP contribution in [-0.2, 0) is 5.41 Å². The molecular weight excluding hydrogens is 400 g/mol. The number of nitro benzene ring substituents is 2. The largest absolute Gasteiger partial charge is 0.502 e. The van der Waals surface area contributed by atoms with Gasteiger partial charge in [-0.15, -0.1) is 0 Å².